The van der Waals surface area contributed by atoms with Gasteiger partial charge >= 0.3 is 0 Å². The molecule has 0 N–H and O–H groups in total. The monoisotopic (exact) mass is 464 g/mol. The van der Waals surface area contributed by atoms with Crippen molar-refractivity contribution in [3.05, 3.63) is 121 Å². The van der Waals surface area contributed by atoms with Crippen LogP contribution in [0.2, 0.25) is 0 Å². The van der Waals surface area contributed by atoms with Crippen molar-refractivity contribution >= 4 is 43.2 Å². The van der Waals surface area contributed by atoms with Crippen LogP contribution in [0.5, 0.6) is 0 Å². The second kappa shape index (κ2) is 8.15. The van der Waals surface area contributed by atoms with Crippen molar-refractivity contribution in [1.29, 1.82) is 0 Å². The largest absolute Gasteiger partial charge is 0.256 e. The first-order valence-electron chi connectivity index (χ1n) is 11.7. The van der Waals surface area contributed by atoms with E-state index in [2.05, 4.69) is 103 Å². The van der Waals surface area contributed by atoms with E-state index < -0.39 is 0 Å². The Bertz CT molecular complexity index is 1740. The summed E-state index contributed by atoms with van der Waals surface area (Å²) in [5.41, 5.74) is 8.00. The highest BCUT2D eigenvalue weighted by Gasteiger charge is 2.17. The van der Waals surface area contributed by atoms with Crippen LogP contribution in [0.3, 0.4) is 0 Å². The minimum absolute atomic E-state index is 1.03. The van der Waals surface area contributed by atoms with Gasteiger partial charge in [-0.1, -0.05) is 97.1 Å². The molecular weight excluding hydrogens is 444 g/mol. The van der Waals surface area contributed by atoms with Gasteiger partial charge in [-0.25, -0.2) is 4.98 Å². The molecule has 0 aliphatic carbocycles. The molecule has 7 aromatic rings. The van der Waals surface area contributed by atoms with E-state index in [9.17, 15) is 0 Å². The summed E-state index contributed by atoms with van der Waals surface area (Å²) in [7, 11) is 0. The molecule has 2 nitrogen and oxygen atoms in total. The molecule has 0 amide bonds. The van der Waals surface area contributed by atoms with Gasteiger partial charge in [0.25, 0.3) is 0 Å². The zero-order chi connectivity index (χ0) is 23.2. The predicted octanol–water partition coefficient (Wildman–Crippen LogP) is 9.00. The van der Waals surface area contributed by atoms with Crippen LogP contribution in [-0.2, 0) is 0 Å². The van der Waals surface area contributed by atoms with Crippen LogP contribution in [0.4, 0.5) is 0 Å². The molecule has 0 aliphatic rings. The maximum Gasteiger partial charge on any atom is 0.124 e. The second-order valence-corrected chi connectivity index (χ2v) is 9.66. The third-order valence-corrected chi connectivity index (χ3v) is 7.64. The average Bonchev–Trinajstić information content (AvgIpc) is 3.37. The smallest absolute Gasteiger partial charge is 0.124 e. The number of nitrogens with zero attached hydrogens (tertiary/aromatic N) is 2. The quantitative estimate of drug-likeness (QED) is 0.244. The van der Waals surface area contributed by atoms with Crippen molar-refractivity contribution in [3.63, 3.8) is 0 Å². The first-order chi connectivity index (χ1) is 17.4. The van der Waals surface area contributed by atoms with Gasteiger partial charge in [-0.2, -0.15) is 0 Å². The molecule has 0 unspecified atom stereocenters. The van der Waals surface area contributed by atoms with E-state index in [1.807, 2.05) is 18.3 Å². The summed E-state index contributed by atoms with van der Waals surface area (Å²) in [6, 6.07) is 40.6. The highest BCUT2D eigenvalue weighted by molar-refractivity contribution is 7.21. The molecule has 0 saturated carbocycles. The van der Waals surface area contributed by atoms with Crippen molar-refractivity contribution in [1.82, 2.24) is 9.97 Å². The minimum Gasteiger partial charge on any atom is -0.256 e. The van der Waals surface area contributed by atoms with Gasteiger partial charge in [-0.3, -0.25) is 4.98 Å². The zero-order valence-corrected chi connectivity index (χ0v) is 19.7. The number of rotatable bonds is 3. The van der Waals surface area contributed by atoms with Crippen LogP contribution in [0.25, 0.3) is 64.7 Å². The molecular formula is C32H20N2S. The van der Waals surface area contributed by atoms with Crippen LogP contribution in [0.1, 0.15) is 0 Å². The van der Waals surface area contributed by atoms with Crippen molar-refractivity contribution in [2.24, 2.45) is 0 Å². The lowest BCUT2D eigenvalue weighted by atomic mass is 9.88. The van der Waals surface area contributed by atoms with Gasteiger partial charge in [0, 0.05) is 22.7 Å². The summed E-state index contributed by atoms with van der Waals surface area (Å²) in [5, 5.41) is 4.67. The van der Waals surface area contributed by atoms with E-state index in [0.717, 1.165) is 27.0 Å². The van der Waals surface area contributed by atoms with Crippen molar-refractivity contribution in [2.75, 3.05) is 0 Å². The zero-order valence-electron chi connectivity index (χ0n) is 18.8. The third-order valence-electron chi connectivity index (χ3n) is 6.56. The number of hydrogen-bond donors (Lipinski definition) is 0. The Morgan fingerprint density at radius 1 is 0.486 bits per heavy atom. The molecule has 0 aliphatic heterocycles. The number of thiazole rings is 1. The Balaban J connectivity index is 1.46. The first-order valence-corrected chi connectivity index (χ1v) is 12.5. The number of para-hydroxylation sites is 1. The number of hydrogen-bond acceptors (Lipinski definition) is 3. The number of pyridine rings is 1. The molecule has 0 atom stereocenters. The number of fused-ring (bicyclic) bond motifs is 3. The fraction of sp³-hybridized carbons (Fsp3) is 0. The Morgan fingerprint density at radius 2 is 1.11 bits per heavy atom. The van der Waals surface area contributed by atoms with Crippen molar-refractivity contribution in [2.45, 2.75) is 0 Å². The van der Waals surface area contributed by atoms with E-state index >= 15 is 0 Å². The van der Waals surface area contributed by atoms with Crippen LogP contribution in [0.15, 0.2) is 121 Å². The van der Waals surface area contributed by atoms with Gasteiger partial charge < -0.3 is 0 Å². The minimum atomic E-state index is 1.03. The summed E-state index contributed by atoms with van der Waals surface area (Å²) >= 11 is 1.74. The summed E-state index contributed by atoms with van der Waals surface area (Å²) in [4.78, 5) is 9.71. The van der Waals surface area contributed by atoms with E-state index in [1.165, 1.54) is 37.7 Å². The summed E-state index contributed by atoms with van der Waals surface area (Å²) in [5.74, 6) is 0. The molecule has 0 spiro atoms. The molecule has 7 rings (SSSR count). The topological polar surface area (TPSA) is 25.8 Å². The molecule has 0 saturated heterocycles. The molecule has 5 aromatic carbocycles. The summed E-state index contributed by atoms with van der Waals surface area (Å²) in [6.45, 7) is 0. The van der Waals surface area contributed by atoms with Crippen LogP contribution in [0, 0.1) is 0 Å². The SMILES string of the molecule is c1ccc(-c2c3ccccc3c(-c3ccc(-c4nc5ccccc5s4)cc3)c3cccnc23)cc1. The molecule has 3 heteroatoms. The van der Waals surface area contributed by atoms with Crippen molar-refractivity contribution in [3.8, 4) is 32.8 Å². The van der Waals surface area contributed by atoms with Crippen LogP contribution < -0.4 is 0 Å². The highest BCUT2D eigenvalue weighted by atomic mass is 32.1. The van der Waals surface area contributed by atoms with E-state index in [0.29, 0.717) is 0 Å². The lowest BCUT2D eigenvalue weighted by Gasteiger charge is -2.17. The predicted molar refractivity (Wildman–Crippen MR) is 149 cm³/mol. The fourth-order valence-electron chi connectivity index (χ4n) is 4.98. The third kappa shape index (κ3) is 3.32. The Hall–Kier alpha value is -4.34. The lowest BCUT2D eigenvalue weighted by Crippen LogP contribution is -1.92. The number of benzene rings is 5. The Labute approximate surface area is 207 Å². The first kappa shape index (κ1) is 20.1. The molecule has 164 valence electrons. The number of aromatic nitrogens is 2. The van der Waals surface area contributed by atoms with E-state index in [-0.39, 0.29) is 0 Å². The maximum absolute atomic E-state index is 4.87. The molecule has 2 heterocycles. The Kier molecular flexibility index (Phi) is 4.68. The van der Waals surface area contributed by atoms with Gasteiger partial charge in [0.2, 0.25) is 0 Å². The second-order valence-electron chi connectivity index (χ2n) is 8.63. The van der Waals surface area contributed by atoms with Gasteiger partial charge in [0.15, 0.2) is 0 Å². The van der Waals surface area contributed by atoms with Gasteiger partial charge in [-0.15, -0.1) is 11.3 Å². The fourth-order valence-corrected chi connectivity index (χ4v) is 5.95. The summed E-state index contributed by atoms with van der Waals surface area (Å²) < 4.78 is 1.21. The Morgan fingerprint density at radius 3 is 1.91 bits per heavy atom. The average molecular weight is 465 g/mol. The van der Waals surface area contributed by atoms with Gasteiger partial charge in [0.05, 0.1) is 15.7 Å². The standard InChI is InChI=1S/C32H20N2S/c1-2-9-21(10-3-1)30-25-12-5-4-11-24(25)29(26-13-8-20-33-31(26)30)22-16-18-23(19-17-22)32-34-27-14-6-7-15-28(27)35-32/h1-20H. The summed E-state index contributed by atoms with van der Waals surface area (Å²) in [6.07, 6.45) is 1.89. The van der Waals surface area contributed by atoms with Gasteiger partial charge in [-0.05, 0) is 45.7 Å². The normalized spacial score (nSPS) is 11.4. The maximum atomic E-state index is 4.87. The lowest BCUT2D eigenvalue weighted by molar-refractivity contribution is 1.42. The molecule has 2 aromatic heterocycles. The molecule has 35 heavy (non-hydrogen) atoms. The molecule has 0 fully saturated rings. The highest BCUT2D eigenvalue weighted by Crippen LogP contribution is 2.43. The van der Waals surface area contributed by atoms with Gasteiger partial charge in [0.1, 0.15) is 5.01 Å². The van der Waals surface area contributed by atoms with E-state index in [1.54, 1.807) is 11.3 Å². The van der Waals surface area contributed by atoms with E-state index in [4.69, 9.17) is 9.97 Å². The van der Waals surface area contributed by atoms with Crippen LogP contribution >= 0.6 is 11.3 Å². The molecule has 0 radical (unpaired) electrons. The van der Waals surface area contributed by atoms with Crippen LogP contribution in [-0.4, -0.2) is 9.97 Å². The van der Waals surface area contributed by atoms with Crippen molar-refractivity contribution < 1.29 is 0 Å². The molecule has 0 bridgehead atoms.